The quantitative estimate of drug-likeness (QED) is 0.623. The molecule has 2 heterocycles. The number of benzene rings is 1. The molecule has 0 saturated carbocycles. The van der Waals surface area contributed by atoms with Crippen molar-refractivity contribution in [2.75, 3.05) is 0 Å². The average molecular weight is 298 g/mol. The first kappa shape index (κ1) is 13.4. The van der Waals surface area contributed by atoms with E-state index >= 15 is 0 Å². The number of aromatic amines is 1. The maximum Gasteiger partial charge on any atom is 0.265 e. The van der Waals surface area contributed by atoms with E-state index in [2.05, 4.69) is 10.2 Å². The number of hydrogen-bond donors (Lipinski definition) is 3. The van der Waals surface area contributed by atoms with E-state index in [1.54, 1.807) is 6.07 Å². The second-order valence-electron chi connectivity index (χ2n) is 4.48. The highest BCUT2D eigenvalue weighted by Crippen LogP contribution is 2.36. The third-order valence-corrected chi connectivity index (χ3v) is 4.29. The maximum atomic E-state index is 11.9. The Morgan fingerprint density at radius 2 is 2.00 bits per heavy atom. The molecule has 1 amide bonds. The van der Waals surface area contributed by atoms with Crippen LogP contribution in [0, 0.1) is 0 Å². The summed E-state index contributed by atoms with van der Waals surface area (Å²) in [4.78, 5) is 27.7. The molecule has 0 fully saturated rings. The molecule has 0 bridgehead atoms. The molecule has 0 radical (unpaired) electrons. The Labute approximate surface area is 124 Å². The Balaban J connectivity index is 2.26. The van der Waals surface area contributed by atoms with Crippen LogP contribution in [-0.4, -0.2) is 24.0 Å². The fourth-order valence-corrected chi connectivity index (χ4v) is 3.21. The van der Waals surface area contributed by atoms with Gasteiger partial charge in [-0.1, -0.05) is 30.3 Å². The molecule has 0 aliphatic carbocycles. The van der Waals surface area contributed by atoms with E-state index in [4.69, 9.17) is 0 Å². The molecule has 0 unspecified atom stereocenters. The molecule has 0 spiro atoms. The summed E-state index contributed by atoms with van der Waals surface area (Å²) in [5, 5.41) is 13.0. The lowest BCUT2D eigenvalue weighted by molar-refractivity contribution is 0.0977. The highest BCUT2D eigenvalue weighted by molar-refractivity contribution is 7.21. The highest BCUT2D eigenvalue weighted by Gasteiger charge is 2.19. The summed E-state index contributed by atoms with van der Waals surface area (Å²) in [6, 6.07) is 11.4. The molecule has 0 aliphatic heterocycles. The molecule has 21 heavy (non-hydrogen) atoms. The van der Waals surface area contributed by atoms with Crippen LogP contribution in [0.15, 0.2) is 41.2 Å². The molecule has 0 atom stereocenters. The summed E-state index contributed by atoms with van der Waals surface area (Å²) >= 11 is 1.36. The van der Waals surface area contributed by atoms with Gasteiger partial charge in [0.1, 0.15) is 16.1 Å². The van der Waals surface area contributed by atoms with Gasteiger partial charge in [0.15, 0.2) is 0 Å². The number of nitrogens with one attached hydrogen (secondary N) is 2. The number of rotatable bonds is 2. The number of pyridine rings is 1. The van der Waals surface area contributed by atoms with Crippen LogP contribution in [0.25, 0.3) is 20.7 Å². The van der Waals surface area contributed by atoms with Crippen LogP contribution < -0.4 is 10.8 Å². The predicted molar refractivity (Wildman–Crippen MR) is 85.6 cm³/mol. The van der Waals surface area contributed by atoms with E-state index in [1.165, 1.54) is 19.3 Å². The van der Waals surface area contributed by atoms with E-state index in [9.17, 15) is 14.7 Å². The van der Waals surface area contributed by atoms with Gasteiger partial charge in [-0.05, 0) is 11.6 Å². The van der Waals surface area contributed by atoms with Crippen LogP contribution in [0.1, 0.15) is 10.4 Å². The van der Waals surface area contributed by atoms with Crippen LogP contribution in [0.5, 0.6) is 5.75 Å². The van der Waals surface area contributed by atoms with Gasteiger partial charge in [-0.2, -0.15) is 0 Å². The molecule has 1 aromatic carbocycles. The first-order valence-corrected chi connectivity index (χ1v) is 7.09. The van der Waals surface area contributed by atoms with Gasteiger partial charge in [-0.3, -0.25) is 9.59 Å². The Bertz CT molecular complexity index is 886. The molecule has 104 valence electrons. The molecule has 3 aromatic rings. The molecule has 7 heteroatoms. The van der Waals surface area contributed by atoms with E-state index in [-0.39, 0.29) is 11.3 Å². The Morgan fingerprint density at radius 3 is 2.67 bits per heavy atom. The minimum Gasteiger partial charge on any atom is -0.506 e. The zero-order valence-electron chi connectivity index (χ0n) is 11.1. The van der Waals surface area contributed by atoms with Crippen LogP contribution >= 0.6 is 11.3 Å². The molecule has 3 N–H and O–H groups in total. The van der Waals surface area contributed by atoms with E-state index in [0.717, 1.165) is 10.4 Å². The number of carbonyl (C=O) groups is 1. The number of carbonyl (C=O) groups excluding carboxylic acids is 1. The second kappa shape index (κ2) is 5.10. The first-order valence-electron chi connectivity index (χ1n) is 6.28. The number of thiophene rings is 1. The zero-order chi connectivity index (χ0) is 15.0. The summed E-state index contributed by atoms with van der Waals surface area (Å²) in [5.41, 5.74) is 0.128. The molecule has 0 saturated heterocycles. The average Bonchev–Trinajstić information content (AvgIpc) is 2.92. The van der Waals surface area contributed by atoms with Gasteiger partial charge in [-0.25, -0.2) is 0 Å². The molecular formula is C14H11BN2O3S. The van der Waals surface area contributed by atoms with Gasteiger partial charge >= 0.3 is 0 Å². The largest absolute Gasteiger partial charge is 0.506 e. The fraction of sp³-hybridized carbons (Fsp3) is 0. The van der Waals surface area contributed by atoms with Gasteiger partial charge in [0.25, 0.3) is 5.56 Å². The normalized spacial score (nSPS) is 10.7. The summed E-state index contributed by atoms with van der Waals surface area (Å²) in [6.07, 6.45) is 0. The van der Waals surface area contributed by atoms with Crippen molar-refractivity contribution in [1.29, 1.82) is 0 Å². The molecule has 5 nitrogen and oxygen atoms in total. The monoisotopic (exact) mass is 298 g/mol. The van der Waals surface area contributed by atoms with E-state index in [1.807, 2.05) is 30.3 Å². The fourth-order valence-electron chi connectivity index (χ4n) is 2.15. The SMILES string of the molecule is BNC(=O)c1c(O)c2cc(-c3ccccc3)sc2[nH]c1=O. The van der Waals surface area contributed by atoms with Crippen LogP contribution in [0.3, 0.4) is 0 Å². The van der Waals surface area contributed by atoms with Crippen LogP contribution in [0.4, 0.5) is 0 Å². The summed E-state index contributed by atoms with van der Waals surface area (Å²) < 4.78 is 0. The molecule has 2 aromatic heterocycles. The first-order chi connectivity index (χ1) is 10.1. The third-order valence-electron chi connectivity index (χ3n) is 3.19. The van der Waals surface area contributed by atoms with Crippen molar-refractivity contribution < 1.29 is 9.90 Å². The number of H-pyrrole nitrogens is 1. The minimum atomic E-state index is -0.608. The van der Waals surface area contributed by atoms with Gasteiger partial charge in [-0.15, -0.1) is 11.3 Å². The second-order valence-corrected chi connectivity index (χ2v) is 5.53. The van der Waals surface area contributed by atoms with E-state index < -0.39 is 11.5 Å². The van der Waals surface area contributed by atoms with Crippen molar-refractivity contribution in [2.45, 2.75) is 0 Å². The highest BCUT2D eigenvalue weighted by atomic mass is 32.1. The van der Waals surface area contributed by atoms with Gasteiger partial charge in [0.2, 0.25) is 13.9 Å². The van der Waals surface area contributed by atoms with Crippen molar-refractivity contribution in [3.05, 3.63) is 52.3 Å². The Hall–Kier alpha value is -2.54. The van der Waals surface area contributed by atoms with Crippen LogP contribution in [-0.2, 0) is 0 Å². The summed E-state index contributed by atoms with van der Waals surface area (Å²) in [7, 11) is 1.41. The van der Waals surface area contributed by atoms with E-state index in [0.29, 0.717) is 10.2 Å². The lowest BCUT2D eigenvalue weighted by atomic mass is 10.1. The predicted octanol–water partition coefficient (Wildman–Crippen LogP) is 1.24. The summed E-state index contributed by atoms with van der Waals surface area (Å²) in [6.45, 7) is 0. The van der Waals surface area contributed by atoms with Crippen molar-refractivity contribution in [2.24, 2.45) is 0 Å². The lowest BCUT2D eigenvalue weighted by Gasteiger charge is -2.02. The number of aromatic hydroxyl groups is 1. The maximum absolute atomic E-state index is 11.9. The van der Waals surface area contributed by atoms with Crippen molar-refractivity contribution in [1.82, 2.24) is 10.2 Å². The number of hydrogen-bond acceptors (Lipinski definition) is 4. The van der Waals surface area contributed by atoms with Gasteiger partial charge < -0.3 is 15.3 Å². The third kappa shape index (κ3) is 2.21. The van der Waals surface area contributed by atoms with Crippen LogP contribution in [0.2, 0.25) is 0 Å². The molecular weight excluding hydrogens is 287 g/mol. The standard InChI is InChI=1S/C14H11BN2O3S/c15-17-13(20)10-11(18)8-6-9(7-4-2-1-3-5-7)21-14(8)16-12(10)19/h1-6H,15H2,(H,17,20)(H2,16,18,19). The zero-order valence-corrected chi connectivity index (χ0v) is 12.0. The molecule has 0 aliphatic rings. The number of fused-ring (bicyclic) bond motifs is 1. The Morgan fingerprint density at radius 1 is 1.29 bits per heavy atom. The smallest absolute Gasteiger partial charge is 0.265 e. The van der Waals surface area contributed by atoms with Gasteiger partial charge in [0, 0.05) is 4.88 Å². The van der Waals surface area contributed by atoms with Gasteiger partial charge in [0.05, 0.1) is 5.39 Å². The van der Waals surface area contributed by atoms with Crippen molar-refractivity contribution in [3.8, 4) is 16.2 Å². The molecule has 3 rings (SSSR count). The Kier molecular flexibility index (Phi) is 3.27. The number of aromatic nitrogens is 1. The minimum absolute atomic E-state index is 0.262. The lowest BCUT2D eigenvalue weighted by Crippen LogP contribution is -2.27. The van der Waals surface area contributed by atoms with Crippen molar-refractivity contribution >= 4 is 35.4 Å². The van der Waals surface area contributed by atoms with Crippen molar-refractivity contribution in [3.63, 3.8) is 0 Å². The number of amides is 1. The topological polar surface area (TPSA) is 82.2 Å². The summed E-state index contributed by atoms with van der Waals surface area (Å²) in [5.74, 6) is -0.894.